The molecule has 0 amide bonds. The van der Waals surface area contributed by atoms with Crippen LogP contribution in [0.25, 0.3) is 10.8 Å². The van der Waals surface area contributed by atoms with Crippen LogP contribution in [0.1, 0.15) is 0 Å². The molecule has 3 rings (SSSR count). The number of hydrogen-bond acceptors (Lipinski definition) is 3. The molecule has 0 atom stereocenters. The highest BCUT2D eigenvalue weighted by molar-refractivity contribution is 6.34. The number of hydrogen-bond donors (Lipinski definition) is 0. The van der Waals surface area contributed by atoms with Gasteiger partial charge in [0.25, 0.3) is 0 Å². The van der Waals surface area contributed by atoms with E-state index >= 15 is 0 Å². The van der Waals surface area contributed by atoms with E-state index in [0.717, 1.165) is 23.1 Å². The van der Waals surface area contributed by atoms with Crippen LogP contribution in [-0.2, 0) is 6.54 Å². The Labute approximate surface area is 115 Å². The van der Waals surface area contributed by atoms with Crippen molar-refractivity contribution in [3.8, 4) is 5.75 Å². The maximum atomic E-state index is 6.02. The third-order valence-corrected chi connectivity index (χ3v) is 3.14. The Bertz CT molecular complexity index is 682. The minimum Gasteiger partial charge on any atom is -0.492 e. The number of aromatic nitrogens is 3. The quantitative estimate of drug-likeness (QED) is 0.686. The summed E-state index contributed by atoms with van der Waals surface area (Å²) in [6, 6.07) is 9.60. The van der Waals surface area contributed by atoms with Crippen molar-refractivity contribution in [1.82, 2.24) is 14.8 Å². The number of halogens is 1. The molecule has 0 saturated heterocycles. The van der Waals surface area contributed by atoms with Gasteiger partial charge in [0, 0.05) is 24.0 Å². The Morgan fingerprint density at radius 1 is 1.21 bits per heavy atom. The van der Waals surface area contributed by atoms with E-state index in [1.165, 1.54) is 0 Å². The van der Waals surface area contributed by atoms with E-state index in [0.29, 0.717) is 11.8 Å². The monoisotopic (exact) mass is 273 g/mol. The van der Waals surface area contributed by atoms with Gasteiger partial charge in [0.05, 0.1) is 6.54 Å². The molecule has 0 spiro atoms. The number of nitrogens with zero attached hydrogens (tertiary/aromatic N) is 3. The van der Waals surface area contributed by atoms with Crippen molar-refractivity contribution in [1.29, 1.82) is 0 Å². The molecule has 2 heterocycles. The minimum atomic E-state index is 0.514. The van der Waals surface area contributed by atoms with E-state index < -0.39 is 0 Å². The van der Waals surface area contributed by atoms with Crippen LogP contribution in [-0.4, -0.2) is 21.4 Å². The van der Waals surface area contributed by atoms with Gasteiger partial charge in [0.2, 0.25) is 0 Å². The maximum absolute atomic E-state index is 6.02. The van der Waals surface area contributed by atoms with Crippen molar-refractivity contribution in [2.24, 2.45) is 0 Å². The number of rotatable bonds is 4. The van der Waals surface area contributed by atoms with Crippen molar-refractivity contribution >= 4 is 22.4 Å². The van der Waals surface area contributed by atoms with Crippen LogP contribution >= 0.6 is 11.6 Å². The molecule has 5 heteroatoms. The van der Waals surface area contributed by atoms with E-state index in [4.69, 9.17) is 16.3 Å². The fourth-order valence-electron chi connectivity index (χ4n) is 1.90. The molecular formula is C14H12ClN3O. The fraction of sp³-hybridized carbons (Fsp3) is 0.143. The van der Waals surface area contributed by atoms with E-state index in [1.807, 2.05) is 41.2 Å². The molecule has 19 heavy (non-hydrogen) atoms. The lowest BCUT2D eigenvalue weighted by Gasteiger charge is -2.07. The Hall–Kier alpha value is -2.07. The van der Waals surface area contributed by atoms with Crippen LogP contribution in [0.4, 0.5) is 0 Å². The van der Waals surface area contributed by atoms with Gasteiger partial charge in [-0.05, 0) is 35.7 Å². The van der Waals surface area contributed by atoms with Crippen molar-refractivity contribution in [2.75, 3.05) is 6.61 Å². The number of ether oxygens (including phenoxy) is 1. The van der Waals surface area contributed by atoms with E-state index in [-0.39, 0.29) is 0 Å². The zero-order valence-corrected chi connectivity index (χ0v) is 10.9. The van der Waals surface area contributed by atoms with Gasteiger partial charge in [-0.1, -0.05) is 11.6 Å². The highest BCUT2D eigenvalue weighted by Gasteiger charge is 2.01. The molecule has 0 N–H and O–H groups in total. The lowest BCUT2D eigenvalue weighted by molar-refractivity contribution is 0.291. The Morgan fingerprint density at radius 3 is 3.00 bits per heavy atom. The van der Waals surface area contributed by atoms with Crippen LogP contribution < -0.4 is 4.74 Å². The van der Waals surface area contributed by atoms with Crippen molar-refractivity contribution in [3.05, 3.63) is 54.1 Å². The molecule has 2 aromatic heterocycles. The second kappa shape index (κ2) is 5.28. The first-order valence-corrected chi connectivity index (χ1v) is 6.35. The fourth-order valence-corrected chi connectivity index (χ4v) is 2.13. The number of fused-ring (bicyclic) bond motifs is 1. The summed E-state index contributed by atoms with van der Waals surface area (Å²) in [4.78, 5) is 4.05. The molecule has 0 aliphatic carbocycles. The summed E-state index contributed by atoms with van der Waals surface area (Å²) >= 11 is 6.02. The van der Waals surface area contributed by atoms with Crippen LogP contribution in [0.2, 0.25) is 5.15 Å². The van der Waals surface area contributed by atoms with Gasteiger partial charge in [0.1, 0.15) is 17.5 Å². The first-order valence-electron chi connectivity index (χ1n) is 5.97. The van der Waals surface area contributed by atoms with Gasteiger partial charge >= 0.3 is 0 Å². The second-order valence-corrected chi connectivity index (χ2v) is 4.46. The largest absolute Gasteiger partial charge is 0.492 e. The van der Waals surface area contributed by atoms with Crippen LogP contribution in [0, 0.1) is 0 Å². The van der Waals surface area contributed by atoms with Crippen LogP contribution in [0.3, 0.4) is 0 Å². The molecule has 0 radical (unpaired) electrons. The van der Waals surface area contributed by atoms with Crippen LogP contribution in [0.15, 0.2) is 48.9 Å². The third kappa shape index (κ3) is 2.69. The van der Waals surface area contributed by atoms with Gasteiger partial charge in [-0.15, -0.1) is 0 Å². The van der Waals surface area contributed by atoms with E-state index in [2.05, 4.69) is 10.1 Å². The molecule has 0 aliphatic heterocycles. The van der Waals surface area contributed by atoms with Crippen molar-refractivity contribution in [2.45, 2.75) is 6.54 Å². The lowest BCUT2D eigenvalue weighted by Crippen LogP contribution is -2.08. The van der Waals surface area contributed by atoms with Gasteiger partial charge in [-0.2, -0.15) is 5.10 Å². The minimum absolute atomic E-state index is 0.514. The summed E-state index contributed by atoms with van der Waals surface area (Å²) in [5.41, 5.74) is 0. The first-order chi connectivity index (χ1) is 9.33. The standard InChI is InChI=1S/C14H12ClN3O/c15-14-13-3-2-12(10-11(13)4-6-16-14)19-9-8-18-7-1-5-17-18/h1-7,10H,8-9H2. The molecule has 0 unspecified atom stereocenters. The first kappa shape index (κ1) is 12.0. The summed E-state index contributed by atoms with van der Waals surface area (Å²) in [5.74, 6) is 0.821. The van der Waals surface area contributed by atoms with Gasteiger partial charge in [0.15, 0.2) is 0 Å². The topological polar surface area (TPSA) is 39.9 Å². The summed E-state index contributed by atoms with van der Waals surface area (Å²) in [6.07, 6.45) is 5.36. The lowest BCUT2D eigenvalue weighted by atomic mass is 10.2. The van der Waals surface area contributed by atoms with E-state index in [9.17, 15) is 0 Å². The third-order valence-electron chi connectivity index (χ3n) is 2.84. The normalized spacial score (nSPS) is 10.8. The summed E-state index contributed by atoms with van der Waals surface area (Å²) in [5, 5.41) is 6.59. The predicted molar refractivity (Wildman–Crippen MR) is 74.5 cm³/mol. The molecule has 0 aliphatic rings. The highest BCUT2D eigenvalue weighted by Crippen LogP contribution is 2.25. The molecule has 0 bridgehead atoms. The average Bonchev–Trinajstić information content (AvgIpc) is 2.92. The molecule has 4 nitrogen and oxygen atoms in total. The molecule has 96 valence electrons. The van der Waals surface area contributed by atoms with Crippen molar-refractivity contribution in [3.63, 3.8) is 0 Å². The maximum Gasteiger partial charge on any atom is 0.136 e. The van der Waals surface area contributed by atoms with Gasteiger partial charge in [-0.3, -0.25) is 4.68 Å². The smallest absolute Gasteiger partial charge is 0.136 e. The highest BCUT2D eigenvalue weighted by atomic mass is 35.5. The predicted octanol–water partition coefficient (Wildman–Crippen LogP) is 3.16. The van der Waals surface area contributed by atoms with Crippen molar-refractivity contribution < 1.29 is 4.74 Å². The number of benzene rings is 1. The summed E-state index contributed by atoms with van der Waals surface area (Å²) < 4.78 is 7.54. The van der Waals surface area contributed by atoms with Gasteiger partial charge in [-0.25, -0.2) is 4.98 Å². The molecule has 3 aromatic rings. The van der Waals surface area contributed by atoms with Crippen LogP contribution in [0.5, 0.6) is 5.75 Å². The number of pyridine rings is 1. The molecule has 1 aromatic carbocycles. The Balaban J connectivity index is 1.71. The zero-order valence-electron chi connectivity index (χ0n) is 10.2. The van der Waals surface area contributed by atoms with E-state index in [1.54, 1.807) is 12.4 Å². The Kier molecular flexibility index (Phi) is 3.33. The summed E-state index contributed by atoms with van der Waals surface area (Å²) in [7, 11) is 0. The Morgan fingerprint density at radius 2 is 2.16 bits per heavy atom. The molecule has 0 saturated carbocycles. The second-order valence-electron chi connectivity index (χ2n) is 4.10. The summed E-state index contributed by atoms with van der Waals surface area (Å²) in [6.45, 7) is 1.30. The average molecular weight is 274 g/mol. The molecular weight excluding hydrogens is 262 g/mol. The molecule has 0 fully saturated rings. The zero-order chi connectivity index (χ0) is 13.1. The van der Waals surface area contributed by atoms with Gasteiger partial charge < -0.3 is 4.74 Å². The SMILES string of the molecule is Clc1nccc2cc(OCCn3cccn3)ccc12.